The molecule has 4 heterocycles. The van der Waals surface area contributed by atoms with Crippen LogP contribution in [0.5, 0.6) is 11.5 Å². The zero-order valence-corrected chi connectivity index (χ0v) is 19.1. The summed E-state index contributed by atoms with van der Waals surface area (Å²) in [7, 11) is 1.66. The summed E-state index contributed by atoms with van der Waals surface area (Å²) in [5.74, 6) is 1.18. The first-order chi connectivity index (χ1) is 16.0. The van der Waals surface area contributed by atoms with Gasteiger partial charge in [0.05, 0.1) is 33.3 Å². The van der Waals surface area contributed by atoms with Crippen molar-refractivity contribution in [3.63, 3.8) is 0 Å². The fourth-order valence-corrected chi connectivity index (χ4v) is 5.51. The predicted octanol–water partition coefficient (Wildman–Crippen LogP) is 5.13. The van der Waals surface area contributed by atoms with Gasteiger partial charge in [-0.15, -0.1) is 11.3 Å². The Kier molecular flexibility index (Phi) is 5.51. The van der Waals surface area contributed by atoms with Crippen LogP contribution in [0, 0.1) is 6.92 Å². The zero-order chi connectivity index (χ0) is 23.1. The highest BCUT2D eigenvalue weighted by atomic mass is 32.1. The van der Waals surface area contributed by atoms with E-state index >= 15 is 0 Å². The molecule has 9 heteroatoms. The number of carbonyl (C=O) groups excluding carboxylic acids is 1. The van der Waals surface area contributed by atoms with Crippen molar-refractivity contribution >= 4 is 44.5 Å². The van der Waals surface area contributed by atoms with E-state index < -0.39 is 6.09 Å². The Morgan fingerprint density at radius 2 is 2.09 bits per heavy atom. The number of likely N-dealkylation sites (tertiary alicyclic amines) is 1. The summed E-state index contributed by atoms with van der Waals surface area (Å²) < 4.78 is 13.5. The van der Waals surface area contributed by atoms with Crippen molar-refractivity contribution in [1.29, 1.82) is 0 Å². The first kappa shape index (κ1) is 21.4. The van der Waals surface area contributed by atoms with Gasteiger partial charge in [0.2, 0.25) is 0 Å². The second kappa shape index (κ2) is 8.49. The molecule has 0 bridgehead atoms. The van der Waals surface area contributed by atoms with E-state index in [4.69, 9.17) is 9.47 Å². The van der Waals surface area contributed by atoms with Gasteiger partial charge in [-0.05, 0) is 50.1 Å². The lowest BCUT2D eigenvalue weighted by Gasteiger charge is -2.23. The van der Waals surface area contributed by atoms with E-state index in [1.807, 2.05) is 23.1 Å². The van der Waals surface area contributed by atoms with Crippen molar-refractivity contribution < 1.29 is 24.2 Å². The number of methoxy groups -OCH3 is 1. The van der Waals surface area contributed by atoms with E-state index in [9.17, 15) is 14.7 Å². The Labute approximate surface area is 194 Å². The lowest BCUT2D eigenvalue weighted by Crippen LogP contribution is -2.37. The van der Waals surface area contributed by atoms with Crippen LogP contribution in [0.2, 0.25) is 0 Å². The van der Waals surface area contributed by atoms with Crippen LogP contribution in [-0.2, 0) is 4.74 Å². The summed E-state index contributed by atoms with van der Waals surface area (Å²) in [6.45, 7) is 3.02. The number of fused-ring (bicyclic) bond motifs is 2. The Morgan fingerprint density at radius 1 is 1.24 bits per heavy atom. The van der Waals surface area contributed by atoms with Crippen molar-refractivity contribution in [3.8, 4) is 11.5 Å². The third kappa shape index (κ3) is 3.83. The fourth-order valence-electron chi connectivity index (χ4n) is 4.49. The van der Waals surface area contributed by atoms with Gasteiger partial charge >= 0.3 is 6.09 Å². The number of hydrogen-bond donors (Lipinski definition) is 1. The molecule has 1 aromatic carbocycles. The van der Waals surface area contributed by atoms with Gasteiger partial charge in [-0.1, -0.05) is 0 Å². The highest BCUT2D eigenvalue weighted by Crippen LogP contribution is 2.37. The molecule has 1 aliphatic heterocycles. The number of ether oxygens (including phenoxy) is 2. The second-order valence-corrected chi connectivity index (χ2v) is 9.16. The van der Waals surface area contributed by atoms with Gasteiger partial charge in [0, 0.05) is 37.0 Å². The normalized spacial score (nSPS) is 16.1. The molecular formula is C24H23N3O5S. The molecular weight excluding hydrogens is 442 g/mol. The van der Waals surface area contributed by atoms with Gasteiger partial charge in [-0.3, -0.25) is 14.3 Å². The molecule has 8 nitrogen and oxygen atoms in total. The van der Waals surface area contributed by atoms with Gasteiger partial charge in [-0.2, -0.15) is 0 Å². The molecule has 33 heavy (non-hydrogen) atoms. The Balaban J connectivity index is 1.45. The fraction of sp³-hybridized carbons (Fsp3) is 0.292. The van der Waals surface area contributed by atoms with Crippen LogP contribution < -0.4 is 4.74 Å². The monoisotopic (exact) mass is 465 g/mol. The zero-order valence-electron chi connectivity index (χ0n) is 18.3. The molecule has 1 saturated heterocycles. The minimum atomic E-state index is -1.02. The molecule has 0 spiro atoms. The molecule has 3 aromatic heterocycles. The summed E-state index contributed by atoms with van der Waals surface area (Å²) in [6, 6.07) is 10.8. The summed E-state index contributed by atoms with van der Waals surface area (Å²) in [5.41, 5.74) is 1.95. The summed E-state index contributed by atoms with van der Waals surface area (Å²) >= 11 is 1.37. The molecule has 4 aromatic rings. The first-order valence-electron chi connectivity index (χ1n) is 10.7. The highest BCUT2D eigenvalue weighted by Gasteiger charge is 2.30. The number of aryl methyl sites for hydroxylation is 1. The average Bonchev–Trinajstić information content (AvgIpc) is 3.49. The number of amides is 1. The molecule has 5 rings (SSSR count). The van der Waals surface area contributed by atoms with Crippen molar-refractivity contribution in [1.82, 2.24) is 14.5 Å². The average molecular weight is 466 g/mol. The molecule has 1 amide bonds. The lowest BCUT2D eigenvalue weighted by molar-refractivity contribution is 0.0635. The minimum absolute atomic E-state index is 0.00425. The van der Waals surface area contributed by atoms with Crippen molar-refractivity contribution in [2.75, 3.05) is 20.3 Å². The van der Waals surface area contributed by atoms with Crippen LogP contribution in [0.1, 0.15) is 28.2 Å². The molecule has 0 aliphatic carbocycles. The summed E-state index contributed by atoms with van der Waals surface area (Å²) in [4.78, 5) is 31.6. The maximum absolute atomic E-state index is 13.2. The topological polar surface area (TPSA) is 93.9 Å². The maximum Gasteiger partial charge on any atom is 0.416 e. The third-order valence-corrected chi connectivity index (χ3v) is 7.09. The number of thiophene rings is 1. The van der Waals surface area contributed by atoms with Gasteiger partial charge < -0.3 is 19.5 Å². The molecule has 0 saturated carbocycles. The van der Waals surface area contributed by atoms with Crippen molar-refractivity contribution in [2.24, 2.45) is 0 Å². The van der Waals surface area contributed by atoms with Crippen molar-refractivity contribution in [2.45, 2.75) is 25.8 Å². The molecule has 0 unspecified atom stereocenters. The number of nitrogens with zero attached hydrogens (tertiary/aromatic N) is 3. The number of hydrogen-bond acceptors (Lipinski definition) is 6. The van der Waals surface area contributed by atoms with E-state index in [0.717, 1.165) is 29.5 Å². The minimum Gasteiger partial charge on any atom is -0.464 e. The second-order valence-electron chi connectivity index (χ2n) is 8.11. The number of rotatable bonds is 5. The molecule has 1 atom stereocenters. The van der Waals surface area contributed by atoms with Crippen LogP contribution in [0.15, 0.2) is 42.6 Å². The molecule has 170 valence electrons. The number of pyridine rings is 1. The Morgan fingerprint density at radius 3 is 2.88 bits per heavy atom. The van der Waals surface area contributed by atoms with Crippen LogP contribution in [0.3, 0.4) is 0 Å². The van der Waals surface area contributed by atoms with E-state index in [-0.39, 0.29) is 11.9 Å². The van der Waals surface area contributed by atoms with E-state index in [1.165, 1.54) is 15.9 Å². The van der Waals surface area contributed by atoms with Gasteiger partial charge in [0.15, 0.2) is 0 Å². The quantitative estimate of drug-likeness (QED) is 0.439. The van der Waals surface area contributed by atoms with Crippen LogP contribution in [-0.4, -0.2) is 57.9 Å². The van der Waals surface area contributed by atoms with E-state index in [1.54, 1.807) is 38.4 Å². The number of benzene rings is 1. The summed E-state index contributed by atoms with van der Waals surface area (Å²) in [5, 5.41) is 10.2. The number of aromatic nitrogens is 2. The maximum atomic E-state index is 13.2. The molecule has 0 radical (unpaired) electrons. The largest absolute Gasteiger partial charge is 0.464 e. The lowest BCUT2D eigenvalue weighted by atomic mass is 10.2. The molecule has 1 fully saturated rings. The SMILES string of the molecule is COC[C@@H]1CCCN1C(=O)c1cc2nccc(Oc3ccc4c(c3)cc(C)n4C(=O)O)c2s1. The Hall–Kier alpha value is -3.43. The van der Waals surface area contributed by atoms with Crippen LogP contribution >= 0.6 is 11.3 Å². The highest BCUT2D eigenvalue weighted by molar-refractivity contribution is 7.21. The van der Waals surface area contributed by atoms with E-state index in [2.05, 4.69) is 4.98 Å². The van der Waals surface area contributed by atoms with E-state index in [0.29, 0.717) is 39.7 Å². The number of carboxylic acid groups (broad SMARTS) is 1. The van der Waals surface area contributed by atoms with Gasteiger partial charge in [0.1, 0.15) is 11.5 Å². The molecule has 1 N–H and O–H groups in total. The summed E-state index contributed by atoms with van der Waals surface area (Å²) in [6.07, 6.45) is 2.56. The first-order valence-corrected chi connectivity index (χ1v) is 11.5. The van der Waals surface area contributed by atoms with Crippen molar-refractivity contribution in [3.05, 3.63) is 53.2 Å². The Bertz CT molecular complexity index is 1380. The number of carbonyl (C=O) groups is 2. The third-order valence-electron chi connectivity index (χ3n) is 5.96. The van der Waals surface area contributed by atoms with Crippen LogP contribution in [0.25, 0.3) is 21.1 Å². The predicted molar refractivity (Wildman–Crippen MR) is 126 cm³/mol. The van der Waals surface area contributed by atoms with Gasteiger partial charge in [0.25, 0.3) is 5.91 Å². The molecule has 1 aliphatic rings. The van der Waals surface area contributed by atoms with Gasteiger partial charge in [-0.25, -0.2) is 4.79 Å². The standard InChI is InChI=1S/C24H23N3O5S/c1-14-10-15-11-17(5-6-19(15)27(14)24(29)30)32-20-7-8-25-18-12-21(33-22(18)20)23(28)26-9-3-4-16(26)13-31-2/h5-8,10-12,16H,3-4,9,13H2,1-2H3,(H,29,30)/t16-/m0/s1. The smallest absolute Gasteiger partial charge is 0.416 e. The van der Waals surface area contributed by atoms with Crippen LogP contribution in [0.4, 0.5) is 4.79 Å².